The highest BCUT2D eigenvalue weighted by molar-refractivity contribution is 6.05. The first-order valence-electron chi connectivity index (χ1n) is 4.80. The van der Waals surface area contributed by atoms with Crippen LogP contribution in [0.1, 0.15) is 12.1 Å². The maximum Gasteiger partial charge on any atom is 0.230 e. The minimum atomic E-state index is -0.0797. The first-order chi connectivity index (χ1) is 7.25. The van der Waals surface area contributed by atoms with E-state index in [-0.39, 0.29) is 24.7 Å². The van der Waals surface area contributed by atoms with Gasteiger partial charge in [-0.2, -0.15) is 0 Å². The highest BCUT2D eigenvalue weighted by atomic mass is 16.2. The molecule has 0 N–H and O–H groups in total. The lowest BCUT2D eigenvalue weighted by molar-refractivity contribution is -0.127. The first kappa shape index (κ1) is 9.76. The van der Waals surface area contributed by atoms with E-state index < -0.39 is 0 Å². The SMILES string of the molecule is O=C1CC(=O)N(CCc2cnccn2)C1. The summed E-state index contributed by atoms with van der Waals surface area (Å²) >= 11 is 0. The molecule has 1 aromatic rings. The van der Waals surface area contributed by atoms with Gasteiger partial charge in [0.15, 0.2) is 5.78 Å². The van der Waals surface area contributed by atoms with Crippen LogP contribution in [0.4, 0.5) is 0 Å². The summed E-state index contributed by atoms with van der Waals surface area (Å²) in [6.07, 6.45) is 5.59. The number of aromatic nitrogens is 2. The van der Waals surface area contributed by atoms with Crippen LogP contribution >= 0.6 is 0 Å². The standard InChI is InChI=1S/C10H11N3O2/c14-9-5-10(15)13(7-9)4-1-8-6-11-2-3-12-8/h2-3,6H,1,4-5,7H2. The molecular formula is C10H11N3O2. The van der Waals surface area contributed by atoms with Gasteiger partial charge >= 0.3 is 0 Å². The quantitative estimate of drug-likeness (QED) is 0.642. The monoisotopic (exact) mass is 205 g/mol. The zero-order chi connectivity index (χ0) is 10.7. The molecule has 0 saturated carbocycles. The largest absolute Gasteiger partial charge is 0.335 e. The Bertz CT molecular complexity index is 378. The van der Waals surface area contributed by atoms with Gasteiger partial charge in [-0.1, -0.05) is 0 Å². The molecular weight excluding hydrogens is 194 g/mol. The number of amides is 1. The zero-order valence-corrected chi connectivity index (χ0v) is 8.22. The van der Waals surface area contributed by atoms with Crippen molar-refractivity contribution in [3.8, 4) is 0 Å². The second-order valence-corrected chi connectivity index (χ2v) is 3.48. The Hall–Kier alpha value is -1.78. The van der Waals surface area contributed by atoms with Crippen molar-refractivity contribution < 1.29 is 9.59 Å². The molecule has 0 aromatic carbocycles. The number of hydrogen-bond donors (Lipinski definition) is 0. The molecule has 1 saturated heterocycles. The fourth-order valence-corrected chi connectivity index (χ4v) is 1.55. The minimum absolute atomic E-state index is 0.000791. The summed E-state index contributed by atoms with van der Waals surface area (Å²) in [5.41, 5.74) is 0.838. The van der Waals surface area contributed by atoms with Crippen molar-refractivity contribution >= 4 is 11.7 Å². The molecule has 0 unspecified atom stereocenters. The van der Waals surface area contributed by atoms with E-state index in [4.69, 9.17) is 0 Å². The van der Waals surface area contributed by atoms with Crippen LogP contribution in [0.25, 0.3) is 0 Å². The van der Waals surface area contributed by atoms with Crippen molar-refractivity contribution in [2.75, 3.05) is 13.1 Å². The Morgan fingerprint density at radius 3 is 2.80 bits per heavy atom. The normalized spacial score (nSPS) is 16.1. The van der Waals surface area contributed by atoms with E-state index in [0.29, 0.717) is 13.0 Å². The lowest BCUT2D eigenvalue weighted by Crippen LogP contribution is -2.27. The van der Waals surface area contributed by atoms with Gasteiger partial charge in [-0.15, -0.1) is 0 Å². The average Bonchev–Trinajstić information content (AvgIpc) is 2.56. The zero-order valence-electron chi connectivity index (χ0n) is 8.22. The molecule has 1 aliphatic rings. The van der Waals surface area contributed by atoms with E-state index in [1.165, 1.54) is 0 Å². The fourth-order valence-electron chi connectivity index (χ4n) is 1.55. The van der Waals surface area contributed by atoms with Crippen molar-refractivity contribution in [3.05, 3.63) is 24.3 Å². The van der Waals surface area contributed by atoms with Crippen LogP contribution in [-0.2, 0) is 16.0 Å². The molecule has 15 heavy (non-hydrogen) atoms. The number of likely N-dealkylation sites (tertiary alicyclic amines) is 1. The number of carbonyl (C=O) groups excluding carboxylic acids is 2. The van der Waals surface area contributed by atoms with Crippen LogP contribution in [0.15, 0.2) is 18.6 Å². The van der Waals surface area contributed by atoms with E-state index in [0.717, 1.165) is 5.69 Å². The lowest BCUT2D eigenvalue weighted by atomic mass is 10.3. The van der Waals surface area contributed by atoms with Crippen LogP contribution in [0.3, 0.4) is 0 Å². The number of Topliss-reactive ketones (excluding diaryl/α,β-unsaturated/α-hetero) is 1. The maximum absolute atomic E-state index is 11.3. The van der Waals surface area contributed by atoms with Crippen LogP contribution in [0, 0.1) is 0 Å². The maximum atomic E-state index is 11.3. The van der Waals surface area contributed by atoms with Gasteiger partial charge < -0.3 is 4.90 Å². The molecule has 78 valence electrons. The van der Waals surface area contributed by atoms with E-state index in [1.54, 1.807) is 23.5 Å². The first-order valence-corrected chi connectivity index (χ1v) is 4.80. The molecule has 0 spiro atoms. The van der Waals surface area contributed by atoms with Crippen molar-refractivity contribution in [1.82, 2.24) is 14.9 Å². The number of nitrogens with zero attached hydrogens (tertiary/aromatic N) is 3. The Labute approximate surface area is 87.1 Å². The third kappa shape index (κ3) is 2.37. The van der Waals surface area contributed by atoms with Gasteiger partial charge in [-0.3, -0.25) is 19.6 Å². The van der Waals surface area contributed by atoms with E-state index in [2.05, 4.69) is 9.97 Å². The summed E-state index contributed by atoms with van der Waals surface area (Å²) in [6.45, 7) is 0.794. The molecule has 0 atom stereocenters. The number of hydrogen-bond acceptors (Lipinski definition) is 4. The summed E-state index contributed by atoms with van der Waals surface area (Å²) in [5, 5.41) is 0. The van der Waals surface area contributed by atoms with Crippen molar-refractivity contribution in [2.24, 2.45) is 0 Å². The molecule has 2 rings (SSSR count). The van der Waals surface area contributed by atoms with E-state index in [9.17, 15) is 9.59 Å². The van der Waals surface area contributed by atoms with Gasteiger partial charge in [0.2, 0.25) is 5.91 Å². The number of ketones is 1. The van der Waals surface area contributed by atoms with Gasteiger partial charge in [0.25, 0.3) is 0 Å². The summed E-state index contributed by atoms with van der Waals surface area (Å²) in [7, 11) is 0. The van der Waals surface area contributed by atoms with Crippen LogP contribution in [0.5, 0.6) is 0 Å². The Kier molecular flexibility index (Phi) is 2.71. The van der Waals surface area contributed by atoms with Crippen LogP contribution in [0.2, 0.25) is 0 Å². The summed E-state index contributed by atoms with van der Waals surface area (Å²) in [4.78, 5) is 31.9. The smallest absolute Gasteiger partial charge is 0.230 e. The molecule has 2 heterocycles. The molecule has 5 nitrogen and oxygen atoms in total. The van der Waals surface area contributed by atoms with Gasteiger partial charge in [0, 0.05) is 31.6 Å². The minimum Gasteiger partial charge on any atom is -0.335 e. The highest BCUT2D eigenvalue weighted by Crippen LogP contribution is 2.07. The molecule has 0 bridgehead atoms. The van der Waals surface area contributed by atoms with E-state index >= 15 is 0 Å². The second-order valence-electron chi connectivity index (χ2n) is 3.48. The second kappa shape index (κ2) is 4.16. The summed E-state index contributed by atoms with van der Waals surface area (Å²) in [6, 6.07) is 0. The fraction of sp³-hybridized carbons (Fsp3) is 0.400. The predicted octanol–water partition coefficient (Wildman–Crippen LogP) is -0.180. The molecule has 0 aliphatic carbocycles. The van der Waals surface area contributed by atoms with Crippen molar-refractivity contribution in [3.63, 3.8) is 0 Å². The topological polar surface area (TPSA) is 63.2 Å². The van der Waals surface area contributed by atoms with Crippen LogP contribution < -0.4 is 0 Å². The summed E-state index contributed by atoms with van der Waals surface area (Å²) < 4.78 is 0. The van der Waals surface area contributed by atoms with Crippen molar-refractivity contribution in [1.29, 1.82) is 0 Å². The third-order valence-electron chi connectivity index (χ3n) is 2.32. The Morgan fingerprint density at radius 1 is 1.33 bits per heavy atom. The van der Waals surface area contributed by atoms with Crippen LogP contribution in [-0.4, -0.2) is 39.6 Å². The number of carbonyl (C=O) groups is 2. The van der Waals surface area contributed by atoms with E-state index in [1.807, 2.05) is 0 Å². The number of rotatable bonds is 3. The third-order valence-corrected chi connectivity index (χ3v) is 2.32. The molecule has 1 fully saturated rings. The van der Waals surface area contributed by atoms with Gasteiger partial charge in [-0.25, -0.2) is 0 Å². The molecule has 5 heteroatoms. The van der Waals surface area contributed by atoms with Gasteiger partial charge in [0.1, 0.15) is 0 Å². The average molecular weight is 205 g/mol. The van der Waals surface area contributed by atoms with Gasteiger partial charge in [0.05, 0.1) is 18.7 Å². The Balaban J connectivity index is 1.89. The van der Waals surface area contributed by atoms with Crippen molar-refractivity contribution in [2.45, 2.75) is 12.8 Å². The van der Waals surface area contributed by atoms with Gasteiger partial charge in [-0.05, 0) is 0 Å². The molecule has 0 radical (unpaired) electrons. The highest BCUT2D eigenvalue weighted by Gasteiger charge is 2.26. The predicted molar refractivity (Wildman–Crippen MR) is 51.9 cm³/mol. The lowest BCUT2D eigenvalue weighted by Gasteiger charge is -2.13. The summed E-state index contributed by atoms with van der Waals surface area (Å²) in [5.74, 6) is -0.0805. The molecule has 1 amide bonds. The molecule has 1 aromatic heterocycles. The Morgan fingerprint density at radius 2 is 2.20 bits per heavy atom. The molecule has 1 aliphatic heterocycles.